The van der Waals surface area contributed by atoms with Gasteiger partial charge in [0.2, 0.25) is 10.0 Å². The van der Waals surface area contributed by atoms with E-state index in [0.29, 0.717) is 17.7 Å². The van der Waals surface area contributed by atoms with Crippen LogP contribution in [0.4, 0.5) is 4.39 Å². The van der Waals surface area contributed by atoms with Crippen LogP contribution in [0, 0.1) is 5.82 Å². The second kappa shape index (κ2) is 7.74. The number of rotatable bonds is 6. The van der Waals surface area contributed by atoms with E-state index in [9.17, 15) is 17.6 Å². The first kappa shape index (κ1) is 18.4. The topological polar surface area (TPSA) is 75.3 Å². The van der Waals surface area contributed by atoms with Crippen LogP contribution >= 0.6 is 11.6 Å². The van der Waals surface area contributed by atoms with Crippen LogP contribution < -0.4 is 10.0 Å². The van der Waals surface area contributed by atoms with Gasteiger partial charge in [0.1, 0.15) is 10.7 Å². The van der Waals surface area contributed by atoms with Crippen LogP contribution in [0.3, 0.4) is 0 Å². The largest absolute Gasteiger partial charge is 0.352 e. The highest BCUT2D eigenvalue weighted by atomic mass is 35.5. The van der Waals surface area contributed by atoms with Gasteiger partial charge in [0.25, 0.3) is 5.91 Å². The Morgan fingerprint density at radius 1 is 1.17 bits per heavy atom. The molecule has 0 spiro atoms. The molecule has 2 N–H and O–H groups in total. The molecule has 0 aromatic heterocycles. The number of carbonyl (C=O) groups excluding carboxylic acids is 1. The van der Waals surface area contributed by atoms with Crippen LogP contribution in [0.5, 0.6) is 0 Å². The molecular weight excluding hydrogens is 355 g/mol. The highest BCUT2D eigenvalue weighted by molar-refractivity contribution is 7.89. The zero-order chi connectivity index (χ0) is 17.7. The lowest BCUT2D eigenvalue weighted by molar-refractivity contribution is 0.0956. The third-order valence-corrected chi connectivity index (χ3v) is 5.09. The fourth-order valence-electron chi connectivity index (χ4n) is 1.98. The summed E-state index contributed by atoms with van der Waals surface area (Å²) in [6, 6.07) is 9.62. The molecule has 1 amide bonds. The Kier molecular flexibility index (Phi) is 5.93. The minimum absolute atomic E-state index is 0.00908. The molecule has 0 aliphatic rings. The van der Waals surface area contributed by atoms with Gasteiger partial charge in [-0.3, -0.25) is 4.79 Å². The lowest BCUT2D eigenvalue weighted by atomic mass is 10.1. The van der Waals surface area contributed by atoms with E-state index in [1.54, 1.807) is 24.3 Å². The molecule has 2 rings (SSSR count). The maximum absolute atomic E-state index is 13.2. The van der Waals surface area contributed by atoms with Crippen LogP contribution in [-0.4, -0.2) is 20.9 Å². The average molecular weight is 371 g/mol. The highest BCUT2D eigenvalue weighted by Gasteiger charge is 2.18. The molecule has 0 radical (unpaired) electrons. The molecule has 0 unspecified atom stereocenters. The van der Waals surface area contributed by atoms with Gasteiger partial charge < -0.3 is 5.32 Å². The van der Waals surface area contributed by atoms with E-state index in [2.05, 4.69) is 10.0 Å². The standard InChI is InChI=1S/C16H16ClFN2O3S/c1-2-19-16(21)12-5-3-11(4-6-12)10-20-24(22,23)15-9-13(18)7-8-14(15)17/h3-9,20H,2,10H2,1H3,(H,19,21). The van der Waals surface area contributed by atoms with Crippen molar-refractivity contribution in [1.29, 1.82) is 0 Å². The van der Waals surface area contributed by atoms with Gasteiger partial charge >= 0.3 is 0 Å². The van der Waals surface area contributed by atoms with E-state index in [-0.39, 0.29) is 22.4 Å². The van der Waals surface area contributed by atoms with Crippen molar-refractivity contribution in [3.63, 3.8) is 0 Å². The summed E-state index contributed by atoms with van der Waals surface area (Å²) < 4.78 is 40.0. The Morgan fingerprint density at radius 2 is 1.83 bits per heavy atom. The van der Waals surface area contributed by atoms with Crippen LogP contribution in [-0.2, 0) is 16.6 Å². The van der Waals surface area contributed by atoms with Crippen molar-refractivity contribution in [1.82, 2.24) is 10.0 Å². The number of hydrogen-bond acceptors (Lipinski definition) is 3. The molecule has 0 saturated carbocycles. The monoisotopic (exact) mass is 370 g/mol. The Morgan fingerprint density at radius 3 is 2.46 bits per heavy atom. The number of amides is 1. The fraction of sp³-hybridized carbons (Fsp3) is 0.188. The molecular formula is C16H16ClFN2O3S. The van der Waals surface area contributed by atoms with Gasteiger partial charge in [-0.05, 0) is 42.8 Å². The molecule has 0 saturated heterocycles. The summed E-state index contributed by atoms with van der Waals surface area (Å²) in [6.07, 6.45) is 0. The van der Waals surface area contributed by atoms with E-state index in [1.807, 2.05) is 6.92 Å². The Balaban J connectivity index is 2.09. The summed E-state index contributed by atoms with van der Waals surface area (Å²) in [5, 5.41) is 2.61. The number of sulfonamides is 1. The summed E-state index contributed by atoms with van der Waals surface area (Å²) in [7, 11) is -3.95. The molecule has 128 valence electrons. The van der Waals surface area contributed by atoms with Gasteiger partial charge in [0.15, 0.2) is 0 Å². The summed E-state index contributed by atoms with van der Waals surface area (Å²) in [5.74, 6) is -0.887. The van der Waals surface area contributed by atoms with Crippen molar-refractivity contribution in [2.45, 2.75) is 18.4 Å². The summed E-state index contributed by atoms with van der Waals surface area (Å²) >= 11 is 5.82. The van der Waals surface area contributed by atoms with Gasteiger partial charge in [-0.15, -0.1) is 0 Å². The van der Waals surface area contributed by atoms with Gasteiger partial charge in [-0.2, -0.15) is 0 Å². The zero-order valence-electron chi connectivity index (χ0n) is 12.8. The molecule has 2 aromatic carbocycles. The van der Waals surface area contributed by atoms with E-state index >= 15 is 0 Å². The molecule has 24 heavy (non-hydrogen) atoms. The lowest BCUT2D eigenvalue weighted by Crippen LogP contribution is -2.24. The van der Waals surface area contributed by atoms with Crippen molar-refractivity contribution in [3.05, 3.63) is 64.4 Å². The first-order chi connectivity index (χ1) is 11.3. The van der Waals surface area contributed by atoms with Gasteiger partial charge in [0, 0.05) is 18.7 Å². The van der Waals surface area contributed by atoms with Crippen molar-refractivity contribution in [2.24, 2.45) is 0 Å². The maximum atomic E-state index is 13.2. The smallest absolute Gasteiger partial charge is 0.251 e. The third kappa shape index (κ3) is 4.53. The third-order valence-electron chi connectivity index (χ3n) is 3.20. The zero-order valence-corrected chi connectivity index (χ0v) is 14.4. The van der Waals surface area contributed by atoms with Gasteiger partial charge in [-0.25, -0.2) is 17.5 Å². The molecule has 0 atom stereocenters. The number of hydrogen-bond donors (Lipinski definition) is 2. The molecule has 0 fully saturated rings. The Labute approximate surface area is 144 Å². The predicted molar refractivity (Wildman–Crippen MR) is 89.9 cm³/mol. The van der Waals surface area contributed by atoms with Gasteiger partial charge in [-0.1, -0.05) is 23.7 Å². The molecule has 2 aromatic rings. The fourth-order valence-corrected chi connectivity index (χ4v) is 3.50. The SMILES string of the molecule is CCNC(=O)c1ccc(CNS(=O)(=O)c2cc(F)ccc2Cl)cc1. The summed E-state index contributed by atoms with van der Waals surface area (Å²) in [6.45, 7) is 2.33. The second-order valence-electron chi connectivity index (χ2n) is 4.96. The van der Waals surface area contributed by atoms with E-state index < -0.39 is 15.8 Å². The number of nitrogens with one attached hydrogen (secondary N) is 2. The second-order valence-corrected chi connectivity index (χ2v) is 7.10. The highest BCUT2D eigenvalue weighted by Crippen LogP contribution is 2.22. The summed E-state index contributed by atoms with van der Waals surface area (Å²) in [4.78, 5) is 11.3. The molecule has 0 aliphatic carbocycles. The molecule has 0 aliphatic heterocycles. The number of benzene rings is 2. The molecule has 0 heterocycles. The average Bonchev–Trinajstić information content (AvgIpc) is 2.56. The lowest BCUT2D eigenvalue weighted by Gasteiger charge is -2.09. The quantitative estimate of drug-likeness (QED) is 0.821. The first-order valence-corrected chi connectivity index (χ1v) is 9.01. The van der Waals surface area contributed by atoms with Crippen molar-refractivity contribution < 1.29 is 17.6 Å². The van der Waals surface area contributed by atoms with Crippen LogP contribution in [0.25, 0.3) is 0 Å². The summed E-state index contributed by atoms with van der Waals surface area (Å²) in [5.41, 5.74) is 1.13. The molecule has 0 bridgehead atoms. The Bertz CT molecular complexity index is 839. The van der Waals surface area contributed by atoms with Gasteiger partial charge in [0.05, 0.1) is 5.02 Å². The van der Waals surface area contributed by atoms with E-state index in [0.717, 1.165) is 12.1 Å². The van der Waals surface area contributed by atoms with E-state index in [1.165, 1.54) is 6.07 Å². The normalized spacial score (nSPS) is 11.3. The van der Waals surface area contributed by atoms with Crippen molar-refractivity contribution >= 4 is 27.5 Å². The minimum Gasteiger partial charge on any atom is -0.352 e. The van der Waals surface area contributed by atoms with Crippen LogP contribution in [0.1, 0.15) is 22.8 Å². The molecule has 5 nitrogen and oxygen atoms in total. The van der Waals surface area contributed by atoms with E-state index in [4.69, 9.17) is 11.6 Å². The van der Waals surface area contributed by atoms with Crippen LogP contribution in [0.15, 0.2) is 47.4 Å². The first-order valence-electron chi connectivity index (χ1n) is 7.15. The Hall–Kier alpha value is -1.96. The number of carbonyl (C=O) groups is 1. The molecule has 8 heteroatoms. The maximum Gasteiger partial charge on any atom is 0.251 e. The minimum atomic E-state index is -3.95. The number of halogens is 2. The van der Waals surface area contributed by atoms with Crippen molar-refractivity contribution in [2.75, 3.05) is 6.54 Å². The predicted octanol–water partition coefficient (Wildman–Crippen LogP) is 2.71. The van der Waals surface area contributed by atoms with Crippen LogP contribution in [0.2, 0.25) is 5.02 Å². The van der Waals surface area contributed by atoms with Crippen molar-refractivity contribution in [3.8, 4) is 0 Å².